The number of rotatable bonds is 4. The summed E-state index contributed by atoms with van der Waals surface area (Å²) in [4.78, 5) is 34.7. The Morgan fingerprint density at radius 2 is 2.14 bits per heavy atom. The number of nitrogens with zero attached hydrogens (tertiary/aromatic N) is 1. The van der Waals surface area contributed by atoms with Gasteiger partial charge in [-0.2, -0.15) is 0 Å². The van der Waals surface area contributed by atoms with Gasteiger partial charge in [0.1, 0.15) is 6.26 Å². The van der Waals surface area contributed by atoms with Crippen LogP contribution in [0.25, 0.3) is 0 Å². The van der Waals surface area contributed by atoms with E-state index in [4.69, 9.17) is 0 Å². The van der Waals surface area contributed by atoms with Crippen molar-refractivity contribution in [3.63, 3.8) is 0 Å². The maximum atomic E-state index is 10.7. The van der Waals surface area contributed by atoms with Crippen molar-refractivity contribution in [2.45, 2.75) is 6.92 Å². The molecule has 6 nitrogen and oxygen atoms in total. The summed E-state index contributed by atoms with van der Waals surface area (Å²) < 4.78 is 4.39. The molecule has 0 saturated carbocycles. The van der Waals surface area contributed by atoms with Gasteiger partial charge in [-0.25, -0.2) is 14.4 Å². The SMILES string of the molecule is C=C(C)C(=O)OC=CC(=O)ON=C=O. The van der Waals surface area contributed by atoms with Crippen LogP contribution < -0.4 is 0 Å². The van der Waals surface area contributed by atoms with Crippen molar-refractivity contribution in [1.82, 2.24) is 0 Å². The molecule has 0 heterocycles. The third-order valence-corrected chi connectivity index (χ3v) is 0.901. The molecule has 0 rings (SSSR count). The first-order valence-electron chi connectivity index (χ1n) is 3.39. The minimum Gasteiger partial charge on any atom is -0.431 e. The molecule has 0 unspecified atom stereocenters. The number of hydrogen-bond acceptors (Lipinski definition) is 6. The van der Waals surface area contributed by atoms with E-state index in [2.05, 4.69) is 21.3 Å². The summed E-state index contributed by atoms with van der Waals surface area (Å²) in [5, 5.41) is 2.54. The van der Waals surface area contributed by atoms with Crippen LogP contribution in [0.4, 0.5) is 0 Å². The Balaban J connectivity index is 3.94. The Hall–Kier alpha value is -2.20. The van der Waals surface area contributed by atoms with Gasteiger partial charge in [0.25, 0.3) is 6.08 Å². The molecule has 0 aromatic rings. The largest absolute Gasteiger partial charge is 0.431 e. The maximum absolute atomic E-state index is 10.7. The van der Waals surface area contributed by atoms with Crippen LogP contribution in [0.15, 0.2) is 29.6 Å². The smallest absolute Gasteiger partial charge is 0.362 e. The average molecular weight is 197 g/mol. The predicted molar refractivity (Wildman–Crippen MR) is 44.3 cm³/mol. The standard InChI is InChI=1S/C8H7NO5/c1-6(2)8(12)13-4-3-7(11)14-9-5-10/h3-4H,1H2,2H3. The summed E-state index contributed by atoms with van der Waals surface area (Å²) in [6.45, 7) is 4.76. The lowest BCUT2D eigenvalue weighted by atomic mass is 10.4. The first-order valence-corrected chi connectivity index (χ1v) is 3.39. The van der Waals surface area contributed by atoms with Crippen LogP contribution in [-0.4, -0.2) is 18.0 Å². The second kappa shape index (κ2) is 6.33. The number of ether oxygens (including phenoxy) is 1. The van der Waals surface area contributed by atoms with Gasteiger partial charge in [-0.15, -0.1) is 0 Å². The van der Waals surface area contributed by atoms with E-state index in [-0.39, 0.29) is 5.57 Å². The third-order valence-electron chi connectivity index (χ3n) is 0.901. The molecule has 14 heavy (non-hydrogen) atoms. The summed E-state index contributed by atoms with van der Waals surface area (Å²) in [5.41, 5.74) is 0.189. The van der Waals surface area contributed by atoms with Gasteiger partial charge < -0.3 is 9.57 Å². The first-order chi connectivity index (χ1) is 6.57. The van der Waals surface area contributed by atoms with Gasteiger partial charge in [0.05, 0.1) is 6.08 Å². The Morgan fingerprint density at radius 1 is 1.50 bits per heavy atom. The van der Waals surface area contributed by atoms with E-state index in [1.165, 1.54) is 6.92 Å². The van der Waals surface area contributed by atoms with Crippen molar-refractivity contribution < 1.29 is 24.0 Å². The third kappa shape index (κ3) is 5.45. The van der Waals surface area contributed by atoms with Gasteiger partial charge in [0.2, 0.25) is 0 Å². The van der Waals surface area contributed by atoms with Crippen molar-refractivity contribution in [3.8, 4) is 0 Å². The summed E-state index contributed by atoms with van der Waals surface area (Å²) in [5.74, 6) is -1.63. The van der Waals surface area contributed by atoms with Crippen molar-refractivity contribution in [2.24, 2.45) is 5.16 Å². The van der Waals surface area contributed by atoms with E-state index in [1.807, 2.05) is 0 Å². The van der Waals surface area contributed by atoms with Crippen molar-refractivity contribution >= 4 is 18.0 Å². The van der Waals surface area contributed by atoms with Gasteiger partial charge in [-0.1, -0.05) is 6.58 Å². The summed E-state index contributed by atoms with van der Waals surface area (Å²) >= 11 is 0. The zero-order chi connectivity index (χ0) is 11.0. The Labute approximate surface area is 79.5 Å². The van der Waals surface area contributed by atoms with E-state index in [1.54, 1.807) is 0 Å². The van der Waals surface area contributed by atoms with Crippen LogP contribution in [-0.2, 0) is 24.0 Å². The minimum absolute atomic E-state index is 0.189. The van der Waals surface area contributed by atoms with Crippen molar-refractivity contribution in [2.75, 3.05) is 0 Å². The lowest BCUT2D eigenvalue weighted by Gasteiger charge is -1.94. The quantitative estimate of drug-likeness (QED) is 0.124. The highest BCUT2D eigenvalue weighted by molar-refractivity contribution is 5.88. The summed E-state index contributed by atoms with van der Waals surface area (Å²) in [6.07, 6.45) is 2.58. The van der Waals surface area contributed by atoms with Gasteiger partial charge in [0, 0.05) is 10.7 Å². The topological polar surface area (TPSA) is 82.0 Å². The van der Waals surface area contributed by atoms with Crippen LogP contribution in [0.5, 0.6) is 0 Å². The van der Waals surface area contributed by atoms with Crippen molar-refractivity contribution in [1.29, 1.82) is 0 Å². The number of carbonyl (C=O) groups is 2. The summed E-state index contributed by atoms with van der Waals surface area (Å²) in [7, 11) is 0. The molecule has 0 bridgehead atoms. The molecular formula is C8H7NO5. The fourth-order valence-corrected chi connectivity index (χ4v) is 0.346. The van der Waals surface area contributed by atoms with Crippen molar-refractivity contribution in [3.05, 3.63) is 24.5 Å². The zero-order valence-corrected chi connectivity index (χ0v) is 7.35. The van der Waals surface area contributed by atoms with Gasteiger partial charge in [0.15, 0.2) is 0 Å². The van der Waals surface area contributed by atoms with E-state index in [0.29, 0.717) is 0 Å². The lowest BCUT2D eigenvalue weighted by Crippen LogP contribution is -2.00. The second-order valence-electron chi connectivity index (χ2n) is 2.08. The van der Waals surface area contributed by atoms with E-state index >= 15 is 0 Å². The Bertz CT molecular complexity index is 325. The molecule has 0 N–H and O–H groups in total. The lowest BCUT2D eigenvalue weighted by molar-refractivity contribution is -0.138. The van der Waals surface area contributed by atoms with Gasteiger partial charge >= 0.3 is 11.9 Å². The molecule has 6 heteroatoms. The number of hydrogen-bond donors (Lipinski definition) is 0. The molecule has 0 amide bonds. The molecule has 0 aliphatic rings. The molecule has 0 aliphatic heterocycles. The molecule has 0 aromatic heterocycles. The van der Waals surface area contributed by atoms with E-state index in [9.17, 15) is 14.4 Å². The molecule has 0 atom stereocenters. The minimum atomic E-state index is -0.956. The van der Waals surface area contributed by atoms with Crippen LogP contribution in [0, 0.1) is 0 Å². The predicted octanol–water partition coefficient (Wildman–Crippen LogP) is 0.413. The monoisotopic (exact) mass is 197 g/mol. The highest BCUT2D eigenvalue weighted by Gasteiger charge is 2.00. The fourth-order valence-electron chi connectivity index (χ4n) is 0.346. The highest BCUT2D eigenvalue weighted by atomic mass is 16.7. The van der Waals surface area contributed by atoms with Crippen LogP contribution in [0.2, 0.25) is 0 Å². The maximum Gasteiger partial charge on any atom is 0.362 e. The highest BCUT2D eigenvalue weighted by Crippen LogP contribution is 1.92. The van der Waals surface area contributed by atoms with Gasteiger partial charge in [-0.05, 0) is 6.92 Å². The Morgan fingerprint density at radius 3 is 2.64 bits per heavy atom. The molecule has 0 fully saturated rings. The van der Waals surface area contributed by atoms with E-state index < -0.39 is 11.9 Å². The molecule has 74 valence electrons. The first kappa shape index (κ1) is 11.8. The number of carbonyl (C=O) groups excluding carboxylic acids is 3. The van der Waals surface area contributed by atoms with Crippen LogP contribution >= 0.6 is 0 Å². The molecular weight excluding hydrogens is 190 g/mol. The average Bonchev–Trinajstić information content (AvgIpc) is 2.14. The number of esters is 1. The second-order valence-corrected chi connectivity index (χ2v) is 2.08. The molecule has 0 saturated heterocycles. The molecule has 0 radical (unpaired) electrons. The van der Waals surface area contributed by atoms with Gasteiger partial charge in [-0.3, -0.25) is 0 Å². The Kier molecular flexibility index (Phi) is 5.34. The molecule has 0 spiro atoms. The molecule has 0 aliphatic carbocycles. The van der Waals surface area contributed by atoms with Crippen LogP contribution in [0.1, 0.15) is 6.92 Å². The summed E-state index contributed by atoms with van der Waals surface area (Å²) in [6, 6.07) is 0. The van der Waals surface area contributed by atoms with E-state index in [0.717, 1.165) is 18.4 Å². The normalized spacial score (nSPS) is 8.93. The van der Waals surface area contributed by atoms with Crippen LogP contribution in [0.3, 0.4) is 0 Å². The fraction of sp³-hybridized carbons (Fsp3) is 0.125. The zero-order valence-electron chi connectivity index (χ0n) is 7.35. The molecule has 0 aromatic carbocycles. The number of isocyanates is 1.